The maximum Gasteiger partial charge on any atom is 0.221 e. The van der Waals surface area contributed by atoms with Gasteiger partial charge in [0.25, 0.3) is 0 Å². The third-order valence-electron chi connectivity index (χ3n) is 3.38. The molecule has 2 atom stereocenters. The minimum atomic E-state index is -0.0624. The first-order chi connectivity index (χ1) is 9.06. The van der Waals surface area contributed by atoms with Crippen LogP contribution in [0, 0.1) is 5.92 Å². The molecule has 0 fully saturated rings. The molecule has 2 nitrogen and oxygen atoms in total. The number of hydrogen-bond donors (Lipinski definition) is 1. The van der Waals surface area contributed by atoms with Crippen molar-refractivity contribution >= 4 is 29.1 Å². The van der Waals surface area contributed by atoms with Crippen molar-refractivity contribution in [2.24, 2.45) is 5.92 Å². The van der Waals surface area contributed by atoms with E-state index < -0.39 is 0 Å². The Labute approximate surface area is 123 Å². The summed E-state index contributed by atoms with van der Waals surface area (Å²) >= 11 is 11.9. The normalized spacial score (nSPS) is 19.4. The molecule has 4 heteroatoms. The molecule has 1 aliphatic rings. The molecular weight excluding hydrogens is 281 g/mol. The topological polar surface area (TPSA) is 29.1 Å². The van der Waals surface area contributed by atoms with E-state index >= 15 is 0 Å². The molecule has 1 amide bonds. The summed E-state index contributed by atoms with van der Waals surface area (Å²) in [5.41, 5.74) is 0.963. The number of carbonyl (C=O) groups is 1. The molecule has 0 radical (unpaired) electrons. The number of halogens is 2. The summed E-state index contributed by atoms with van der Waals surface area (Å²) in [6, 6.07) is 5.37. The summed E-state index contributed by atoms with van der Waals surface area (Å²) in [7, 11) is 0. The maximum atomic E-state index is 11.9. The van der Waals surface area contributed by atoms with E-state index in [2.05, 4.69) is 17.5 Å². The zero-order chi connectivity index (χ0) is 13.8. The van der Waals surface area contributed by atoms with Gasteiger partial charge in [-0.05, 0) is 43.4 Å². The monoisotopic (exact) mass is 297 g/mol. The van der Waals surface area contributed by atoms with Crippen molar-refractivity contribution in [3.05, 3.63) is 46.0 Å². The molecule has 2 rings (SSSR count). The zero-order valence-electron chi connectivity index (χ0n) is 10.8. The lowest BCUT2D eigenvalue weighted by molar-refractivity contribution is -0.122. The van der Waals surface area contributed by atoms with Gasteiger partial charge in [-0.2, -0.15) is 0 Å². The van der Waals surface area contributed by atoms with E-state index in [-0.39, 0.29) is 11.9 Å². The van der Waals surface area contributed by atoms with Gasteiger partial charge in [0.05, 0.1) is 16.1 Å². The van der Waals surface area contributed by atoms with E-state index in [0.717, 1.165) is 18.4 Å². The van der Waals surface area contributed by atoms with Crippen LogP contribution >= 0.6 is 23.2 Å². The smallest absolute Gasteiger partial charge is 0.221 e. The fourth-order valence-corrected chi connectivity index (χ4v) is 2.58. The van der Waals surface area contributed by atoms with Gasteiger partial charge in [0.2, 0.25) is 5.91 Å². The number of allylic oxidation sites excluding steroid dienone is 2. The van der Waals surface area contributed by atoms with Gasteiger partial charge in [-0.15, -0.1) is 0 Å². The summed E-state index contributed by atoms with van der Waals surface area (Å²) in [6.45, 7) is 1.95. The largest absolute Gasteiger partial charge is 0.350 e. The molecule has 1 aliphatic carbocycles. The molecule has 1 aromatic rings. The predicted molar refractivity (Wildman–Crippen MR) is 79.5 cm³/mol. The van der Waals surface area contributed by atoms with Crippen LogP contribution in [0.4, 0.5) is 0 Å². The third kappa shape index (κ3) is 3.99. The number of rotatable bonds is 4. The highest BCUT2D eigenvalue weighted by Crippen LogP contribution is 2.26. The average molecular weight is 298 g/mol. The van der Waals surface area contributed by atoms with E-state index in [4.69, 9.17) is 23.2 Å². The average Bonchev–Trinajstić information content (AvgIpc) is 2.85. The highest BCUT2D eigenvalue weighted by molar-refractivity contribution is 6.42. The van der Waals surface area contributed by atoms with Crippen molar-refractivity contribution in [3.63, 3.8) is 0 Å². The van der Waals surface area contributed by atoms with Crippen LogP contribution in [-0.2, 0) is 4.79 Å². The first kappa shape index (κ1) is 14.4. The van der Waals surface area contributed by atoms with Gasteiger partial charge in [0.1, 0.15) is 0 Å². The number of amides is 1. The number of carbonyl (C=O) groups excluding carboxylic acids is 1. The molecule has 0 heterocycles. The molecular formula is C15H17Cl2NO. The summed E-state index contributed by atoms with van der Waals surface area (Å²) in [5, 5.41) is 4.04. The van der Waals surface area contributed by atoms with Crippen molar-refractivity contribution in [3.8, 4) is 0 Å². The quantitative estimate of drug-likeness (QED) is 0.813. The Balaban J connectivity index is 1.92. The molecule has 0 saturated heterocycles. The Bertz CT molecular complexity index is 499. The molecule has 102 valence electrons. The Hall–Kier alpha value is -0.990. The van der Waals surface area contributed by atoms with E-state index in [1.165, 1.54) is 0 Å². The van der Waals surface area contributed by atoms with Gasteiger partial charge in [0.15, 0.2) is 0 Å². The Morgan fingerprint density at radius 2 is 2.21 bits per heavy atom. The fraction of sp³-hybridized carbons (Fsp3) is 0.400. The van der Waals surface area contributed by atoms with Gasteiger partial charge in [-0.3, -0.25) is 4.79 Å². The summed E-state index contributed by atoms with van der Waals surface area (Å²) in [4.78, 5) is 11.9. The molecule has 0 aliphatic heterocycles. The number of nitrogens with one attached hydrogen (secondary N) is 1. The van der Waals surface area contributed by atoms with Crippen molar-refractivity contribution in [1.29, 1.82) is 0 Å². The molecule has 19 heavy (non-hydrogen) atoms. The van der Waals surface area contributed by atoms with E-state index in [1.807, 2.05) is 13.0 Å². The lowest BCUT2D eigenvalue weighted by Gasteiger charge is -2.16. The van der Waals surface area contributed by atoms with E-state index in [1.54, 1.807) is 12.1 Å². The summed E-state index contributed by atoms with van der Waals surface area (Å²) in [6.07, 6.45) is 6.99. The van der Waals surface area contributed by atoms with Crippen LogP contribution in [0.5, 0.6) is 0 Å². The first-order valence-corrected chi connectivity index (χ1v) is 7.23. The number of benzene rings is 1. The minimum absolute atomic E-state index is 0.0624. The number of hydrogen-bond acceptors (Lipinski definition) is 1. The SMILES string of the molecule is C[C@@H](NC(=O)C[C@@H]1C=CCC1)c1ccc(Cl)c(Cl)c1. The van der Waals surface area contributed by atoms with Crippen molar-refractivity contribution in [2.75, 3.05) is 0 Å². The molecule has 0 unspecified atom stereocenters. The van der Waals surface area contributed by atoms with E-state index in [0.29, 0.717) is 22.4 Å². The van der Waals surface area contributed by atoms with Gasteiger partial charge in [-0.25, -0.2) is 0 Å². The second kappa shape index (κ2) is 6.44. The Kier molecular flexibility index (Phi) is 4.89. The van der Waals surface area contributed by atoms with Gasteiger partial charge >= 0.3 is 0 Å². The van der Waals surface area contributed by atoms with Crippen LogP contribution in [0.15, 0.2) is 30.4 Å². The second-order valence-corrected chi connectivity index (χ2v) is 5.75. The van der Waals surface area contributed by atoms with Crippen LogP contribution < -0.4 is 5.32 Å². The zero-order valence-corrected chi connectivity index (χ0v) is 12.3. The molecule has 0 aromatic heterocycles. The lowest BCUT2D eigenvalue weighted by atomic mass is 10.0. The molecule has 1 aromatic carbocycles. The highest BCUT2D eigenvalue weighted by Gasteiger charge is 2.16. The molecule has 0 saturated carbocycles. The summed E-state index contributed by atoms with van der Waals surface area (Å²) < 4.78 is 0. The van der Waals surface area contributed by atoms with Crippen molar-refractivity contribution in [2.45, 2.75) is 32.2 Å². The fourth-order valence-electron chi connectivity index (χ4n) is 2.27. The van der Waals surface area contributed by atoms with Crippen LogP contribution in [0.25, 0.3) is 0 Å². The minimum Gasteiger partial charge on any atom is -0.350 e. The second-order valence-electron chi connectivity index (χ2n) is 4.93. The van der Waals surface area contributed by atoms with Crippen LogP contribution in [0.3, 0.4) is 0 Å². The van der Waals surface area contributed by atoms with Gasteiger partial charge < -0.3 is 5.32 Å². The van der Waals surface area contributed by atoms with Crippen LogP contribution in [-0.4, -0.2) is 5.91 Å². The van der Waals surface area contributed by atoms with Gasteiger partial charge in [0, 0.05) is 6.42 Å². The summed E-state index contributed by atoms with van der Waals surface area (Å²) in [5.74, 6) is 0.469. The van der Waals surface area contributed by atoms with Gasteiger partial charge in [-0.1, -0.05) is 41.4 Å². The first-order valence-electron chi connectivity index (χ1n) is 6.47. The van der Waals surface area contributed by atoms with Crippen LogP contribution in [0.1, 0.15) is 37.8 Å². The standard InChI is InChI=1S/C15H17Cl2NO/c1-10(12-6-7-13(16)14(17)9-12)18-15(19)8-11-4-2-3-5-11/h2,4,6-7,9-11H,3,5,8H2,1H3,(H,18,19)/t10-,11-/m1/s1. The Morgan fingerprint density at radius 3 is 2.84 bits per heavy atom. The van der Waals surface area contributed by atoms with Crippen molar-refractivity contribution < 1.29 is 4.79 Å². The third-order valence-corrected chi connectivity index (χ3v) is 4.12. The molecule has 0 spiro atoms. The lowest BCUT2D eigenvalue weighted by Crippen LogP contribution is -2.27. The molecule has 1 N–H and O–H groups in total. The van der Waals surface area contributed by atoms with Crippen molar-refractivity contribution in [1.82, 2.24) is 5.32 Å². The van der Waals surface area contributed by atoms with E-state index in [9.17, 15) is 4.79 Å². The maximum absolute atomic E-state index is 11.9. The van der Waals surface area contributed by atoms with Crippen LogP contribution in [0.2, 0.25) is 10.0 Å². The molecule has 0 bridgehead atoms. The Morgan fingerprint density at radius 1 is 1.42 bits per heavy atom. The predicted octanol–water partition coefficient (Wildman–Crippen LogP) is 4.53. The highest BCUT2D eigenvalue weighted by atomic mass is 35.5.